The van der Waals surface area contributed by atoms with Gasteiger partial charge in [0, 0.05) is 6.54 Å². The van der Waals surface area contributed by atoms with Crippen LogP contribution in [-0.4, -0.2) is 21.4 Å². The van der Waals surface area contributed by atoms with Crippen molar-refractivity contribution in [3.63, 3.8) is 0 Å². The van der Waals surface area contributed by atoms with Gasteiger partial charge >= 0.3 is 5.69 Å². The molecule has 1 aliphatic carbocycles. The molecule has 18 heavy (non-hydrogen) atoms. The van der Waals surface area contributed by atoms with Gasteiger partial charge in [0.1, 0.15) is 6.33 Å². The molecule has 0 atom stereocenters. The number of rotatable bonds is 5. The van der Waals surface area contributed by atoms with E-state index >= 15 is 0 Å². The van der Waals surface area contributed by atoms with Crippen LogP contribution in [0.2, 0.25) is 0 Å². The largest absolute Gasteiger partial charge is 0.378 e. The lowest BCUT2D eigenvalue weighted by atomic mass is 9.67. The number of nitrogens with two attached hydrogens (primary N) is 1. The molecule has 1 aromatic rings. The molecule has 1 fully saturated rings. The maximum absolute atomic E-state index is 10.9. The molecule has 1 aromatic heterocycles. The number of nitrogen functional groups attached to an aromatic ring is 1. The van der Waals surface area contributed by atoms with Gasteiger partial charge in [-0.1, -0.05) is 13.3 Å². The smallest absolute Gasteiger partial charge is 0.352 e. The van der Waals surface area contributed by atoms with Crippen molar-refractivity contribution in [2.24, 2.45) is 5.41 Å². The average molecular weight is 251 g/mol. The quantitative estimate of drug-likeness (QED) is 0.611. The maximum atomic E-state index is 10.9. The number of nitro groups is 1. The Labute approximate surface area is 105 Å². The maximum Gasteiger partial charge on any atom is 0.352 e. The summed E-state index contributed by atoms with van der Waals surface area (Å²) in [5, 5.41) is 14.0. The molecule has 0 bridgehead atoms. The third-order valence-electron chi connectivity index (χ3n) is 3.83. The second-order valence-corrected chi connectivity index (χ2v) is 4.77. The molecule has 7 heteroatoms. The van der Waals surface area contributed by atoms with Crippen molar-refractivity contribution >= 4 is 17.3 Å². The van der Waals surface area contributed by atoms with Gasteiger partial charge in [-0.25, -0.2) is 9.97 Å². The molecule has 0 spiro atoms. The van der Waals surface area contributed by atoms with Crippen molar-refractivity contribution in [2.75, 3.05) is 17.6 Å². The van der Waals surface area contributed by atoms with Gasteiger partial charge in [-0.2, -0.15) is 0 Å². The Balaban J connectivity index is 2.14. The number of hydrogen-bond acceptors (Lipinski definition) is 6. The van der Waals surface area contributed by atoms with E-state index in [1.807, 2.05) is 0 Å². The molecular formula is C11H17N5O2. The lowest BCUT2D eigenvalue weighted by Crippen LogP contribution is -2.36. The number of nitrogens with zero attached hydrogens (tertiary/aromatic N) is 3. The highest BCUT2D eigenvalue weighted by Crippen LogP contribution is 2.44. The molecule has 1 aliphatic rings. The number of anilines is 2. The first-order chi connectivity index (χ1) is 8.58. The van der Waals surface area contributed by atoms with Gasteiger partial charge in [0.05, 0.1) is 4.92 Å². The van der Waals surface area contributed by atoms with Gasteiger partial charge in [0.2, 0.25) is 11.6 Å². The van der Waals surface area contributed by atoms with E-state index in [0.29, 0.717) is 6.54 Å². The molecule has 1 heterocycles. The summed E-state index contributed by atoms with van der Waals surface area (Å²) in [4.78, 5) is 17.9. The topological polar surface area (TPSA) is 107 Å². The van der Waals surface area contributed by atoms with Crippen LogP contribution >= 0.6 is 0 Å². The van der Waals surface area contributed by atoms with Crippen LogP contribution in [0, 0.1) is 15.5 Å². The highest BCUT2D eigenvalue weighted by atomic mass is 16.6. The van der Waals surface area contributed by atoms with Gasteiger partial charge in [0.15, 0.2) is 0 Å². The van der Waals surface area contributed by atoms with Gasteiger partial charge < -0.3 is 11.1 Å². The summed E-state index contributed by atoms with van der Waals surface area (Å²) in [5.74, 6) is 0.115. The lowest BCUT2D eigenvalue weighted by Gasteiger charge is -2.41. The number of nitrogens with one attached hydrogen (secondary N) is 1. The van der Waals surface area contributed by atoms with E-state index in [1.54, 1.807) is 0 Å². The highest BCUT2D eigenvalue weighted by Gasteiger charge is 2.35. The van der Waals surface area contributed by atoms with Gasteiger partial charge in [-0.05, 0) is 24.7 Å². The van der Waals surface area contributed by atoms with E-state index in [9.17, 15) is 10.1 Å². The molecule has 98 valence electrons. The van der Waals surface area contributed by atoms with Crippen LogP contribution in [0.1, 0.15) is 32.6 Å². The second-order valence-electron chi connectivity index (χ2n) is 4.77. The standard InChI is InChI=1S/C11H17N5O2/c1-2-11(4-3-5-11)6-13-10-8(16(17)18)9(12)14-7-15-10/h7H,2-6H2,1H3,(H3,12,13,14,15). The predicted molar refractivity (Wildman–Crippen MR) is 68.2 cm³/mol. The first kappa shape index (κ1) is 12.5. The Morgan fingerprint density at radius 1 is 1.56 bits per heavy atom. The number of aromatic nitrogens is 2. The SMILES string of the molecule is CCC1(CNc2ncnc(N)c2[N+](=O)[O-])CCC1. The van der Waals surface area contributed by atoms with E-state index < -0.39 is 4.92 Å². The molecule has 0 unspecified atom stereocenters. The Morgan fingerprint density at radius 3 is 2.78 bits per heavy atom. The van der Waals surface area contributed by atoms with Crippen molar-refractivity contribution in [3.05, 3.63) is 16.4 Å². The Kier molecular flexibility index (Phi) is 3.31. The summed E-state index contributed by atoms with van der Waals surface area (Å²) >= 11 is 0. The van der Waals surface area contributed by atoms with Crippen LogP contribution < -0.4 is 11.1 Å². The first-order valence-electron chi connectivity index (χ1n) is 6.07. The molecule has 0 amide bonds. The van der Waals surface area contributed by atoms with Crippen molar-refractivity contribution in [1.82, 2.24) is 9.97 Å². The minimum Gasteiger partial charge on any atom is -0.378 e. The van der Waals surface area contributed by atoms with Crippen molar-refractivity contribution in [2.45, 2.75) is 32.6 Å². The van der Waals surface area contributed by atoms with Crippen LogP contribution in [0.5, 0.6) is 0 Å². The zero-order valence-electron chi connectivity index (χ0n) is 10.3. The third kappa shape index (κ3) is 2.20. The third-order valence-corrected chi connectivity index (χ3v) is 3.83. The average Bonchev–Trinajstić information content (AvgIpc) is 2.27. The minimum atomic E-state index is -0.545. The van der Waals surface area contributed by atoms with Gasteiger partial charge in [-0.15, -0.1) is 0 Å². The van der Waals surface area contributed by atoms with Crippen LogP contribution in [0.4, 0.5) is 17.3 Å². The molecular weight excluding hydrogens is 234 g/mol. The second kappa shape index (κ2) is 4.75. The monoisotopic (exact) mass is 251 g/mol. The summed E-state index contributed by atoms with van der Waals surface area (Å²) in [6.45, 7) is 2.84. The summed E-state index contributed by atoms with van der Waals surface area (Å²) in [6.07, 6.45) is 5.84. The van der Waals surface area contributed by atoms with Crippen molar-refractivity contribution in [1.29, 1.82) is 0 Å². The molecule has 0 radical (unpaired) electrons. The van der Waals surface area contributed by atoms with E-state index in [1.165, 1.54) is 12.7 Å². The van der Waals surface area contributed by atoms with Gasteiger partial charge in [-0.3, -0.25) is 10.1 Å². The first-order valence-corrected chi connectivity index (χ1v) is 6.07. The fraction of sp³-hybridized carbons (Fsp3) is 0.636. The van der Waals surface area contributed by atoms with Crippen molar-refractivity contribution < 1.29 is 4.92 Å². The Morgan fingerprint density at radius 2 is 2.28 bits per heavy atom. The fourth-order valence-electron chi connectivity index (χ4n) is 2.31. The van der Waals surface area contributed by atoms with Crippen LogP contribution in [0.25, 0.3) is 0 Å². The fourth-order valence-corrected chi connectivity index (χ4v) is 2.31. The Bertz CT molecular complexity index is 453. The summed E-state index contributed by atoms with van der Waals surface area (Å²) < 4.78 is 0. The van der Waals surface area contributed by atoms with E-state index in [0.717, 1.165) is 19.3 Å². The molecule has 0 saturated heterocycles. The molecule has 2 rings (SSSR count). The van der Waals surface area contributed by atoms with Crippen LogP contribution in [-0.2, 0) is 0 Å². The normalized spacial score (nSPS) is 16.9. The lowest BCUT2D eigenvalue weighted by molar-refractivity contribution is -0.383. The van der Waals surface area contributed by atoms with E-state index in [-0.39, 0.29) is 22.7 Å². The molecule has 7 nitrogen and oxygen atoms in total. The van der Waals surface area contributed by atoms with Gasteiger partial charge in [0.25, 0.3) is 0 Å². The molecule has 0 aliphatic heterocycles. The molecule has 0 aromatic carbocycles. The molecule has 1 saturated carbocycles. The highest BCUT2D eigenvalue weighted by molar-refractivity contribution is 5.67. The summed E-state index contributed by atoms with van der Waals surface area (Å²) in [5.41, 5.74) is 5.53. The minimum absolute atomic E-state index is 0.100. The Hall–Kier alpha value is -1.92. The zero-order chi connectivity index (χ0) is 13.2. The van der Waals surface area contributed by atoms with Crippen LogP contribution in [0.3, 0.4) is 0 Å². The summed E-state index contributed by atoms with van der Waals surface area (Å²) in [7, 11) is 0. The number of hydrogen-bond donors (Lipinski definition) is 2. The van der Waals surface area contributed by atoms with Crippen LogP contribution in [0.15, 0.2) is 6.33 Å². The van der Waals surface area contributed by atoms with E-state index in [2.05, 4.69) is 22.2 Å². The summed E-state index contributed by atoms with van der Waals surface area (Å²) in [6, 6.07) is 0. The predicted octanol–water partition coefficient (Wildman–Crippen LogP) is 1.96. The zero-order valence-corrected chi connectivity index (χ0v) is 10.3. The van der Waals surface area contributed by atoms with E-state index in [4.69, 9.17) is 5.73 Å². The molecule has 3 N–H and O–H groups in total. The van der Waals surface area contributed by atoms with Crippen molar-refractivity contribution in [3.8, 4) is 0 Å².